The summed E-state index contributed by atoms with van der Waals surface area (Å²) < 4.78 is 26.1. The number of rotatable bonds is 3. The Morgan fingerprint density at radius 1 is 1.40 bits per heavy atom. The number of halogens is 2. The van der Waals surface area contributed by atoms with Crippen LogP contribution in [0.15, 0.2) is 18.2 Å². The monoisotopic (exact) mass is 282 g/mol. The topological polar surface area (TPSA) is 32.3 Å². The largest absolute Gasteiger partial charge is 0.338 e. The molecule has 2 rings (SSSR count). The molecule has 0 spiro atoms. The van der Waals surface area contributed by atoms with Crippen LogP contribution in [0.3, 0.4) is 0 Å². The normalized spacial score (nSPS) is 22.9. The molecule has 0 radical (unpaired) electrons. The van der Waals surface area contributed by atoms with Gasteiger partial charge in [-0.2, -0.15) is 0 Å². The van der Waals surface area contributed by atoms with Crippen molar-refractivity contribution < 1.29 is 13.6 Å². The number of likely N-dealkylation sites (tertiary alicyclic amines) is 1. The Bertz CT molecular complexity index is 493. The second kappa shape index (κ2) is 6.31. The van der Waals surface area contributed by atoms with Gasteiger partial charge in [-0.15, -0.1) is 0 Å². The first-order valence-electron chi connectivity index (χ1n) is 7.00. The maximum Gasteiger partial charge on any atom is 0.253 e. The molecule has 2 unspecified atom stereocenters. The highest BCUT2D eigenvalue weighted by molar-refractivity contribution is 5.94. The third-order valence-electron chi connectivity index (χ3n) is 3.83. The van der Waals surface area contributed by atoms with E-state index in [1.807, 2.05) is 0 Å². The van der Waals surface area contributed by atoms with Crippen molar-refractivity contribution in [3.63, 3.8) is 0 Å². The zero-order valence-corrected chi connectivity index (χ0v) is 11.8. The van der Waals surface area contributed by atoms with Crippen LogP contribution in [0.1, 0.15) is 30.6 Å². The van der Waals surface area contributed by atoms with E-state index in [0.717, 1.165) is 25.1 Å². The first-order valence-corrected chi connectivity index (χ1v) is 7.00. The number of piperidine rings is 1. The second-order valence-corrected chi connectivity index (χ2v) is 5.31. The van der Waals surface area contributed by atoms with Gasteiger partial charge in [-0.25, -0.2) is 8.78 Å². The molecule has 0 saturated carbocycles. The average molecular weight is 282 g/mol. The van der Waals surface area contributed by atoms with Gasteiger partial charge < -0.3 is 10.2 Å². The molecule has 3 nitrogen and oxygen atoms in total. The van der Waals surface area contributed by atoms with E-state index in [2.05, 4.69) is 19.2 Å². The molecule has 2 atom stereocenters. The van der Waals surface area contributed by atoms with Gasteiger partial charge in [0, 0.05) is 24.7 Å². The van der Waals surface area contributed by atoms with Crippen molar-refractivity contribution >= 4 is 5.91 Å². The van der Waals surface area contributed by atoms with Gasteiger partial charge in [0.1, 0.15) is 0 Å². The van der Waals surface area contributed by atoms with Crippen molar-refractivity contribution in [2.45, 2.75) is 26.3 Å². The van der Waals surface area contributed by atoms with Crippen LogP contribution >= 0.6 is 0 Å². The molecule has 0 aromatic heterocycles. The summed E-state index contributed by atoms with van der Waals surface area (Å²) in [5, 5.41) is 3.40. The van der Waals surface area contributed by atoms with E-state index in [4.69, 9.17) is 0 Å². The van der Waals surface area contributed by atoms with Crippen LogP contribution in [0, 0.1) is 17.6 Å². The van der Waals surface area contributed by atoms with E-state index in [1.165, 1.54) is 6.07 Å². The highest BCUT2D eigenvalue weighted by atomic mass is 19.2. The molecule has 1 aromatic carbocycles. The molecule has 5 heteroatoms. The zero-order chi connectivity index (χ0) is 14.7. The lowest BCUT2D eigenvalue weighted by Crippen LogP contribution is -2.50. The quantitative estimate of drug-likeness (QED) is 0.923. The SMILES string of the molecule is CCNC1CCN(C(=O)c2ccc(F)c(F)c2)CC1C. The number of nitrogens with zero attached hydrogens (tertiary/aromatic N) is 1. The fraction of sp³-hybridized carbons (Fsp3) is 0.533. The summed E-state index contributed by atoms with van der Waals surface area (Å²) in [4.78, 5) is 14.0. The van der Waals surface area contributed by atoms with E-state index < -0.39 is 11.6 Å². The molecule has 1 aliphatic heterocycles. The summed E-state index contributed by atoms with van der Waals surface area (Å²) in [5.74, 6) is -1.80. The molecule has 110 valence electrons. The molecule has 1 saturated heterocycles. The molecule has 0 bridgehead atoms. The molecule has 1 aliphatic rings. The summed E-state index contributed by atoms with van der Waals surface area (Å²) in [5.41, 5.74) is 0.206. The van der Waals surface area contributed by atoms with Crippen molar-refractivity contribution in [1.82, 2.24) is 10.2 Å². The number of carbonyl (C=O) groups excluding carboxylic acids is 1. The Hall–Kier alpha value is -1.49. The van der Waals surface area contributed by atoms with Gasteiger partial charge >= 0.3 is 0 Å². The summed E-state index contributed by atoms with van der Waals surface area (Å²) in [6.07, 6.45) is 0.879. The highest BCUT2D eigenvalue weighted by Crippen LogP contribution is 2.19. The predicted molar refractivity (Wildman–Crippen MR) is 73.5 cm³/mol. The second-order valence-electron chi connectivity index (χ2n) is 5.31. The minimum Gasteiger partial charge on any atom is -0.338 e. The van der Waals surface area contributed by atoms with Gasteiger partial charge in [0.05, 0.1) is 0 Å². The van der Waals surface area contributed by atoms with Gasteiger partial charge in [0.15, 0.2) is 11.6 Å². The van der Waals surface area contributed by atoms with Crippen molar-refractivity contribution in [3.8, 4) is 0 Å². The van der Waals surface area contributed by atoms with Gasteiger partial charge in [-0.3, -0.25) is 4.79 Å². The van der Waals surface area contributed by atoms with Crippen molar-refractivity contribution in [3.05, 3.63) is 35.4 Å². The first kappa shape index (κ1) is 14.9. The summed E-state index contributed by atoms with van der Waals surface area (Å²) in [6, 6.07) is 3.71. The van der Waals surface area contributed by atoms with E-state index in [-0.39, 0.29) is 11.5 Å². The summed E-state index contributed by atoms with van der Waals surface area (Å²) >= 11 is 0. The molecule has 1 fully saturated rings. The van der Waals surface area contributed by atoms with Crippen molar-refractivity contribution in [2.75, 3.05) is 19.6 Å². The smallest absolute Gasteiger partial charge is 0.253 e. The molecule has 0 aliphatic carbocycles. The molecular formula is C15H20F2N2O. The molecule has 1 amide bonds. The first-order chi connectivity index (χ1) is 9.52. The van der Waals surface area contributed by atoms with E-state index >= 15 is 0 Å². The molecule has 20 heavy (non-hydrogen) atoms. The highest BCUT2D eigenvalue weighted by Gasteiger charge is 2.28. The standard InChI is InChI=1S/C15H20F2N2O/c1-3-18-14-6-7-19(9-10(14)2)15(20)11-4-5-12(16)13(17)8-11/h4-5,8,10,14,18H,3,6-7,9H2,1-2H3. The lowest BCUT2D eigenvalue weighted by molar-refractivity contribution is 0.0645. The van der Waals surface area contributed by atoms with Crippen LogP contribution in [-0.4, -0.2) is 36.5 Å². The van der Waals surface area contributed by atoms with Gasteiger partial charge in [-0.05, 0) is 37.1 Å². The Labute approximate surface area is 118 Å². The number of hydrogen-bond donors (Lipinski definition) is 1. The Morgan fingerprint density at radius 2 is 2.15 bits per heavy atom. The zero-order valence-electron chi connectivity index (χ0n) is 11.8. The van der Waals surface area contributed by atoms with Gasteiger partial charge in [0.2, 0.25) is 0 Å². The van der Waals surface area contributed by atoms with Crippen LogP contribution in [0.2, 0.25) is 0 Å². The summed E-state index contributed by atoms with van der Waals surface area (Å²) in [7, 11) is 0. The van der Waals surface area contributed by atoms with Crippen molar-refractivity contribution in [1.29, 1.82) is 0 Å². The number of benzene rings is 1. The summed E-state index contributed by atoms with van der Waals surface area (Å²) in [6.45, 7) is 6.34. The lowest BCUT2D eigenvalue weighted by Gasteiger charge is -2.37. The predicted octanol–water partition coefficient (Wildman–Crippen LogP) is 2.42. The van der Waals surface area contributed by atoms with Crippen LogP contribution < -0.4 is 5.32 Å². The fourth-order valence-corrected chi connectivity index (χ4v) is 2.71. The van der Waals surface area contributed by atoms with Crippen LogP contribution in [0.4, 0.5) is 8.78 Å². The lowest BCUT2D eigenvalue weighted by atomic mass is 9.93. The third kappa shape index (κ3) is 3.15. The van der Waals surface area contributed by atoms with Gasteiger partial charge in [0.25, 0.3) is 5.91 Å². The maximum absolute atomic E-state index is 13.2. The minimum atomic E-state index is -0.980. The van der Waals surface area contributed by atoms with E-state index in [1.54, 1.807) is 4.90 Å². The maximum atomic E-state index is 13.2. The van der Waals surface area contributed by atoms with Crippen LogP contribution in [0.5, 0.6) is 0 Å². The number of amides is 1. The van der Waals surface area contributed by atoms with E-state index in [0.29, 0.717) is 25.0 Å². The molecule has 1 N–H and O–H groups in total. The number of hydrogen-bond acceptors (Lipinski definition) is 2. The van der Waals surface area contributed by atoms with Crippen LogP contribution in [0.25, 0.3) is 0 Å². The minimum absolute atomic E-state index is 0.206. The Kier molecular flexibility index (Phi) is 4.70. The fourth-order valence-electron chi connectivity index (χ4n) is 2.71. The Morgan fingerprint density at radius 3 is 2.75 bits per heavy atom. The van der Waals surface area contributed by atoms with Crippen LogP contribution in [-0.2, 0) is 0 Å². The van der Waals surface area contributed by atoms with Crippen molar-refractivity contribution in [2.24, 2.45) is 5.92 Å². The molecule has 1 heterocycles. The molecule has 1 aromatic rings. The third-order valence-corrected chi connectivity index (χ3v) is 3.83. The Balaban J connectivity index is 2.05. The average Bonchev–Trinajstić information content (AvgIpc) is 2.43. The number of nitrogens with one attached hydrogen (secondary N) is 1. The van der Waals surface area contributed by atoms with E-state index in [9.17, 15) is 13.6 Å². The number of carbonyl (C=O) groups is 1. The molecular weight excluding hydrogens is 262 g/mol. The van der Waals surface area contributed by atoms with Gasteiger partial charge in [-0.1, -0.05) is 13.8 Å².